The first kappa shape index (κ1) is 19.1. The minimum atomic E-state index is -0.609. The van der Waals surface area contributed by atoms with E-state index in [2.05, 4.69) is 0 Å². The molecular weight excluding hydrogens is 320 g/mol. The molecule has 0 fully saturated rings. The van der Waals surface area contributed by atoms with Crippen molar-refractivity contribution < 1.29 is 25.2 Å². The Bertz CT molecular complexity index is 654. The predicted octanol–water partition coefficient (Wildman–Crippen LogP) is 2.78. The Hall–Kier alpha value is -2.24. The zero-order valence-corrected chi connectivity index (χ0v) is 14.4. The highest BCUT2D eigenvalue weighted by molar-refractivity contribution is 5.40. The molecule has 0 spiro atoms. The van der Waals surface area contributed by atoms with Gasteiger partial charge in [-0.3, -0.25) is 0 Å². The lowest BCUT2D eigenvalue weighted by Gasteiger charge is -2.16. The van der Waals surface area contributed by atoms with Gasteiger partial charge in [-0.1, -0.05) is 18.2 Å². The van der Waals surface area contributed by atoms with E-state index < -0.39 is 12.2 Å². The van der Waals surface area contributed by atoms with Crippen molar-refractivity contribution in [2.75, 3.05) is 7.11 Å². The summed E-state index contributed by atoms with van der Waals surface area (Å²) in [6.45, 7) is 0. The standard InChI is InChI=1S/C20H26O5/c1-25-18-9-4-14(5-10-18)2-7-16(21)13-17(22)8-3-15-6-11-19(23)20(24)12-15/h4-6,9-12,16-17,21-24H,2-3,7-8,13H2,1H3/t16-,17-/m0/s1. The quantitative estimate of drug-likeness (QED) is 0.524. The number of aliphatic hydroxyl groups is 2. The molecule has 0 bridgehead atoms. The lowest BCUT2D eigenvalue weighted by Crippen LogP contribution is -2.19. The van der Waals surface area contributed by atoms with Crippen LogP contribution in [0.3, 0.4) is 0 Å². The number of aliphatic hydroxyl groups excluding tert-OH is 2. The van der Waals surface area contributed by atoms with Crippen LogP contribution in [0.5, 0.6) is 17.2 Å². The van der Waals surface area contributed by atoms with Gasteiger partial charge in [0.25, 0.3) is 0 Å². The van der Waals surface area contributed by atoms with Crippen LogP contribution >= 0.6 is 0 Å². The van der Waals surface area contributed by atoms with E-state index in [9.17, 15) is 20.4 Å². The topological polar surface area (TPSA) is 90.2 Å². The Labute approximate surface area is 148 Å². The molecule has 136 valence electrons. The van der Waals surface area contributed by atoms with Gasteiger partial charge in [-0.05, 0) is 67.5 Å². The third kappa shape index (κ3) is 6.29. The fraction of sp³-hybridized carbons (Fsp3) is 0.400. The van der Waals surface area contributed by atoms with Crippen molar-refractivity contribution in [2.24, 2.45) is 0 Å². The molecule has 0 radical (unpaired) electrons. The molecule has 0 aliphatic heterocycles. The molecule has 2 atom stereocenters. The molecule has 0 saturated carbocycles. The van der Waals surface area contributed by atoms with E-state index >= 15 is 0 Å². The molecule has 2 aromatic carbocycles. The van der Waals surface area contributed by atoms with Crippen molar-refractivity contribution in [3.8, 4) is 17.2 Å². The third-order valence-corrected chi connectivity index (χ3v) is 4.28. The van der Waals surface area contributed by atoms with E-state index in [1.165, 1.54) is 12.1 Å². The van der Waals surface area contributed by atoms with Crippen molar-refractivity contribution in [1.82, 2.24) is 0 Å². The van der Waals surface area contributed by atoms with Crippen LogP contribution in [0.25, 0.3) is 0 Å². The maximum atomic E-state index is 10.1. The largest absolute Gasteiger partial charge is 0.504 e. The first-order valence-corrected chi connectivity index (χ1v) is 8.48. The first-order valence-electron chi connectivity index (χ1n) is 8.48. The van der Waals surface area contributed by atoms with Crippen molar-refractivity contribution >= 4 is 0 Å². The van der Waals surface area contributed by atoms with E-state index in [0.29, 0.717) is 25.7 Å². The second-order valence-corrected chi connectivity index (χ2v) is 6.29. The zero-order chi connectivity index (χ0) is 18.2. The van der Waals surface area contributed by atoms with Gasteiger partial charge in [0, 0.05) is 0 Å². The molecule has 25 heavy (non-hydrogen) atoms. The van der Waals surface area contributed by atoms with Gasteiger partial charge in [-0.15, -0.1) is 0 Å². The van der Waals surface area contributed by atoms with E-state index in [-0.39, 0.29) is 11.5 Å². The number of benzene rings is 2. The lowest BCUT2D eigenvalue weighted by molar-refractivity contribution is 0.0714. The van der Waals surface area contributed by atoms with Gasteiger partial charge in [0.15, 0.2) is 11.5 Å². The molecule has 0 saturated heterocycles. The monoisotopic (exact) mass is 346 g/mol. The van der Waals surface area contributed by atoms with Crippen LogP contribution in [0, 0.1) is 0 Å². The minimum Gasteiger partial charge on any atom is -0.504 e. The molecule has 4 N–H and O–H groups in total. The maximum absolute atomic E-state index is 10.1. The lowest BCUT2D eigenvalue weighted by atomic mass is 9.99. The number of hydrogen-bond donors (Lipinski definition) is 4. The molecule has 0 aliphatic rings. The molecule has 5 nitrogen and oxygen atoms in total. The fourth-order valence-corrected chi connectivity index (χ4v) is 2.73. The van der Waals surface area contributed by atoms with E-state index in [0.717, 1.165) is 23.3 Å². The number of methoxy groups -OCH3 is 1. The first-order chi connectivity index (χ1) is 12.0. The van der Waals surface area contributed by atoms with Gasteiger partial charge >= 0.3 is 0 Å². The van der Waals surface area contributed by atoms with Crippen molar-refractivity contribution in [3.05, 3.63) is 53.6 Å². The molecule has 0 amide bonds. The number of aryl methyl sites for hydroxylation is 2. The number of rotatable bonds is 9. The third-order valence-electron chi connectivity index (χ3n) is 4.28. The molecular formula is C20H26O5. The van der Waals surface area contributed by atoms with Gasteiger partial charge in [-0.2, -0.15) is 0 Å². The molecule has 2 rings (SSSR count). The van der Waals surface area contributed by atoms with Gasteiger partial charge < -0.3 is 25.2 Å². The van der Waals surface area contributed by atoms with Crippen LogP contribution < -0.4 is 4.74 Å². The van der Waals surface area contributed by atoms with E-state index in [1.807, 2.05) is 24.3 Å². The summed E-state index contributed by atoms with van der Waals surface area (Å²) in [5.74, 6) is 0.491. The number of ether oxygens (including phenoxy) is 1. The van der Waals surface area contributed by atoms with Crippen LogP contribution in [-0.4, -0.2) is 39.7 Å². The Morgan fingerprint density at radius 1 is 0.800 bits per heavy atom. The second-order valence-electron chi connectivity index (χ2n) is 6.29. The Morgan fingerprint density at radius 2 is 1.36 bits per heavy atom. The van der Waals surface area contributed by atoms with Gasteiger partial charge in [0.1, 0.15) is 5.75 Å². The van der Waals surface area contributed by atoms with Gasteiger partial charge in [0.2, 0.25) is 0 Å². The second kappa shape index (κ2) is 9.30. The van der Waals surface area contributed by atoms with Crippen LogP contribution in [-0.2, 0) is 12.8 Å². The highest BCUT2D eigenvalue weighted by Crippen LogP contribution is 2.25. The highest BCUT2D eigenvalue weighted by atomic mass is 16.5. The zero-order valence-electron chi connectivity index (χ0n) is 14.4. The summed E-state index contributed by atoms with van der Waals surface area (Å²) in [5, 5.41) is 38.9. The van der Waals surface area contributed by atoms with Crippen LogP contribution in [0.1, 0.15) is 30.4 Å². The van der Waals surface area contributed by atoms with Gasteiger partial charge in [-0.25, -0.2) is 0 Å². The summed E-state index contributed by atoms with van der Waals surface area (Å²) in [4.78, 5) is 0. The fourth-order valence-electron chi connectivity index (χ4n) is 2.73. The van der Waals surface area contributed by atoms with Crippen LogP contribution in [0.2, 0.25) is 0 Å². The number of hydrogen-bond acceptors (Lipinski definition) is 5. The van der Waals surface area contributed by atoms with Gasteiger partial charge in [0.05, 0.1) is 19.3 Å². The predicted molar refractivity (Wildman–Crippen MR) is 96.0 cm³/mol. The summed E-state index contributed by atoms with van der Waals surface area (Å²) in [6, 6.07) is 12.4. The smallest absolute Gasteiger partial charge is 0.157 e. The Kier molecular flexibility index (Phi) is 7.10. The summed E-state index contributed by atoms with van der Waals surface area (Å²) < 4.78 is 5.11. The Morgan fingerprint density at radius 3 is 1.92 bits per heavy atom. The number of phenols is 2. The summed E-state index contributed by atoms with van der Waals surface area (Å²) in [6.07, 6.45) is 1.53. The number of aromatic hydroxyl groups is 2. The Balaban J connectivity index is 1.71. The normalized spacial score (nSPS) is 13.4. The van der Waals surface area contributed by atoms with Crippen molar-refractivity contribution in [2.45, 2.75) is 44.3 Å². The van der Waals surface area contributed by atoms with E-state index in [1.54, 1.807) is 13.2 Å². The molecule has 0 aromatic heterocycles. The van der Waals surface area contributed by atoms with Crippen molar-refractivity contribution in [3.63, 3.8) is 0 Å². The molecule has 0 aliphatic carbocycles. The average Bonchev–Trinajstić information content (AvgIpc) is 2.61. The van der Waals surface area contributed by atoms with Crippen LogP contribution in [0.4, 0.5) is 0 Å². The summed E-state index contributed by atoms with van der Waals surface area (Å²) >= 11 is 0. The SMILES string of the molecule is COc1ccc(CC[C@H](O)C[C@@H](O)CCc2ccc(O)c(O)c2)cc1. The molecule has 2 aromatic rings. The maximum Gasteiger partial charge on any atom is 0.157 e. The molecule has 5 heteroatoms. The number of phenolic OH excluding ortho intramolecular Hbond substituents is 2. The van der Waals surface area contributed by atoms with E-state index in [4.69, 9.17) is 4.74 Å². The summed E-state index contributed by atoms with van der Waals surface area (Å²) in [7, 11) is 1.62. The summed E-state index contributed by atoms with van der Waals surface area (Å²) in [5.41, 5.74) is 1.95. The average molecular weight is 346 g/mol. The van der Waals surface area contributed by atoms with Crippen molar-refractivity contribution in [1.29, 1.82) is 0 Å². The van der Waals surface area contributed by atoms with Crippen LogP contribution in [0.15, 0.2) is 42.5 Å². The molecule has 0 unspecified atom stereocenters. The minimum absolute atomic E-state index is 0.154. The highest BCUT2D eigenvalue weighted by Gasteiger charge is 2.13. The molecule has 0 heterocycles.